The van der Waals surface area contributed by atoms with Crippen molar-refractivity contribution >= 4 is 11.6 Å². The minimum Gasteiger partial charge on any atom is -0.392 e. The number of aliphatic hydroxyl groups is 1. The van der Waals surface area contributed by atoms with Gasteiger partial charge in [0.25, 0.3) is 0 Å². The van der Waals surface area contributed by atoms with Crippen LogP contribution in [0.3, 0.4) is 0 Å². The lowest BCUT2D eigenvalue weighted by Gasteiger charge is -2.12. The molecule has 13 heavy (non-hydrogen) atoms. The van der Waals surface area contributed by atoms with Crippen molar-refractivity contribution in [3.05, 3.63) is 35.4 Å². The molecule has 0 saturated heterocycles. The Labute approximate surface area is 84.4 Å². The Kier molecular flexibility index (Phi) is 3.76. The normalized spacial score (nSPS) is 15.4. The van der Waals surface area contributed by atoms with Gasteiger partial charge in [-0.05, 0) is 24.5 Å². The summed E-state index contributed by atoms with van der Waals surface area (Å²) in [5.74, 6) is 0. The van der Waals surface area contributed by atoms with Crippen LogP contribution in [0.25, 0.3) is 0 Å². The molecule has 0 aliphatic carbocycles. The topological polar surface area (TPSA) is 20.2 Å². The zero-order chi connectivity index (χ0) is 9.84. The molecule has 2 heteroatoms. The molecule has 1 N–H and O–H groups in total. The van der Waals surface area contributed by atoms with Gasteiger partial charge in [0.1, 0.15) is 0 Å². The van der Waals surface area contributed by atoms with Gasteiger partial charge in [-0.25, -0.2) is 0 Å². The van der Waals surface area contributed by atoms with Crippen LogP contribution in [-0.4, -0.2) is 11.2 Å². The second-order valence-electron chi connectivity index (χ2n) is 3.24. The van der Waals surface area contributed by atoms with Crippen molar-refractivity contribution in [1.82, 2.24) is 0 Å². The molecule has 2 atom stereocenters. The van der Waals surface area contributed by atoms with Crippen LogP contribution in [-0.2, 0) is 6.42 Å². The maximum absolute atomic E-state index is 9.27. The largest absolute Gasteiger partial charge is 0.392 e. The van der Waals surface area contributed by atoms with Crippen LogP contribution in [0.5, 0.6) is 0 Å². The highest BCUT2D eigenvalue weighted by atomic mass is 35.5. The summed E-state index contributed by atoms with van der Waals surface area (Å²) in [6.07, 6.45) is 0.524. The summed E-state index contributed by atoms with van der Waals surface area (Å²) >= 11 is 5.99. The van der Waals surface area contributed by atoms with E-state index >= 15 is 0 Å². The lowest BCUT2D eigenvalue weighted by Crippen LogP contribution is -2.08. The second kappa shape index (κ2) is 4.64. The molecule has 0 aromatic heterocycles. The third-order valence-corrected chi connectivity index (χ3v) is 2.75. The van der Waals surface area contributed by atoms with E-state index in [1.807, 2.05) is 24.3 Å². The van der Waals surface area contributed by atoms with E-state index in [1.54, 1.807) is 6.92 Å². The van der Waals surface area contributed by atoms with Gasteiger partial charge < -0.3 is 5.11 Å². The molecular formula is C11H15ClO. The number of aryl methyl sites for hydroxylation is 1. The van der Waals surface area contributed by atoms with Crippen molar-refractivity contribution in [2.75, 3.05) is 0 Å². The van der Waals surface area contributed by atoms with Crippen LogP contribution in [0.2, 0.25) is 0 Å². The van der Waals surface area contributed by atoms with Crippen molar-refractivity contribution in [2.24, 2.45) is 0 Å². The number of hydrogen-bond donors (Lipinski definition) is 1. The molecule has 1 nitrogen and oxygen atoms in total. The molecule has 2 unspecified atom stereocenters. The summed E-state index contributed by atoms with van der Waals surface area (Å²) in [6, 6.07) is 8.05. The number of halogens is 1. The summed E-state index contributed by atoms with van der Waals surface area (Å²) in [7, 11) is 0. The molecule has 0 heterocycles. The Bertz CT molecular complexity index is 253. The molecule has 0 aliphatic rings. The highest BCUT2D eigenvalue weighted by molar-refractivity contribution is 6.21. The van der Waals surface area contributed by atoms with E-state index in [2.05, 4.69) is 6.92 Å². The molecule has 0 radical (unpaired) electrons. The van der Waals surface area contributed by atoms with Crippen LogP contribution in [0.1, 0.15) is 30.4 Å². The van der Waals surface area contributed by atoms with Crippen LogP contribution in [0.15, 0.2) is 24.3 Å². The van der Waals surface area contributed by atoms with E-state index in [-0.39, 0.29) is 5.38 Å². The molecule has 0 aliphatic heterocycles. The van der Waals surface area contributed by atoms with E-state index in [0.717, 1.165) is 12.0 Å². The van der Waals surface area contributed by atoms with E-state index in [0.29, 0.717) is 0 Å². The van der Waals surface area contributed by atoms with E-state index < -0.39 is 6.10 Å². The van der Waals surface area contributed by atoms with Crippen LogP contribution in [0.4, 0.5) is 0 Å². The van der Waals surface area contributed by atoms with Gasteiger partial charge in [-0.15, -0.1) is 11.6 Å². The highest BCUT2D eigenvalue weighted by Gasteiger charge is 2.12. The average molecular weight is 199 g/mol. The number of rotatable bonds is 3. The van der Waals surface area contributed by atoms with Gasteiger partial charge >= 0.3 is 0 Å². The Balaban J connectivity index is 2.79. The summed E-state index contributed by atoms with van der Waals surface area (Å²) in [4.78, 5) is 0. The Hall–Kier alpha value is -0.530. The fourth-order valence-electron chi connectivity index (χ4n) is 1.22. The van der Waals surface area contributed by atoms with Crippen molar-refractivity contribution in [2.45, 2.75) is 31.7 Å². The number of aliphatic hydroxyl groups excluding tert-OH is 1. The summed E-state index contributed by atoms with van der Waals surface area (Å²) in [5.41, 5.74) is 2.27. The predicted molar refractivity (Wildman–Crippen MR) is 56.1 cm³/mol. The average Bonchev–Trinajstić information content (AvgIpc) is 2.17. The molecule has 1 rings (SSSR count). The maximum atomic E-state index is 9.27. The first-order valence-corrected chi connectivity index (χ1v) is 4.99. The minimum atomic E-state index is -0.505. The molecule has 0 fully saturated rings. The van der Waals surface area contributed by atoms with Gasteiger partial charge in [0.15, 0.2) is 0 Å². The van der Waals surface area contributed by atoms with Crippen molar-refractivity contribution < 1.29 is 5.11 Å². The highest BCUT2D eigenvalue weighted by Crippen LogP contribution is 2.24. The minimum absolute atomic E-state index is 0.300. The molecule has 0 bridgehead atoms. The third kappa shape index (κ3) is 2.71. The van der Waals surface area contributed by atoms with Gasteiger partial charge in [-0.2, -0.15) is 0 Å². The fraction of sp³-hybridized carbons (Fsp3) is 0.455. The Morgan fingerprint density at radius 2 is 1.85 bits per heavy atom. The van der Waals surface area contributed by atoms with Crippen molar-refractivity contribution in [3.8, 4) is 0 Å². The zero-order valence-corrected chi connectivity index (χ0v) is 8.75. The van der Waals surface area contributed by atoms with Crippen LogP contribution >= 0.6 is 11.6 Å². The molecule has 0 amide bonds. The summed E-state index contributed by atoms with van der Waals surface area (Å²) in [5, 5.41) is 8.97. The summed E-state index contributed by atoms with van der Waals surface area (Å²) < 4.78 is 0. The van der Waals surface area contributed by atoms with Crippen LogP contribution in [0, 0.1) is 0 Å². The SMILES string of the molecule is CCc1ccc(C(Cl)C(C)O)cc1. The zero-order valence-electron chi connectivity index (χ0n) is 8.00. The van der Waals surface area contributed by atoms with Crippen molar-refractivity contribution in [3.63, 3.8) is 0 Å². The monoisotopic (exact) mass is 198 g/mol. The van der Waals surface area contributed by atoms with Crippen molar-refractivity contribution in [1.29, 1.82) is 0 Å². The first-order chi connectivity index (χ1) is 6.15. The lowest BCUT2D eigenvalue weighted by molar-refractivity contribution is 0.190. The third-order valence-electron chi connectivity index (χ3n) is 2.13. The molecule has 72 valence electrons. The molecule has 0 spiro atoms. The molecular weight excluding hydrogens is 184 g/mol. The summed E-state index contributed by atoms with van der Waals surface area (Å²) in [6.45, 7) is 3.81. The van der Waals surface area contributed by atoms with Gasteiger partial charge in [-0.1, -0.05) is 31.2 Å². The standard InChI is InChI=1S/C11H15ClO/c1-3-9-4-6-10(7-5-9)11(12)8(2)13/h4-8,11,13H,3H2,1-2H3. The number of hydrogen-bond acceptors (Lipinski definition) is 1. The van der Waals surface area contributed by atoms with Gasteiger partial charge in [0, 0.05) is 0 Å². The second-order valence-corrected chi connectivity index (χ2v) is 3.71. The fourth-order valence-corrected chi connectivity index (χ4v) is 1.36. The Morgan fingerprint density at radius 3 is 2.23 bits per heavy atom. The van der Waals surface area contributed by atoms with E-state index in [1.165, 1.54) is 5.56 Å². The number of benzene rings is 1. The molecule has 1 aromatic rings. The van der Waals surface area contributed by atoms with E-state index in [9.17, 15) is 5.11 Å². The molecule has 0 saturated carbocycles. The first-order valence-electron chi connectivity index (χ1n) is 4.56. The Morgan fingerprint density at radius 1 is 1.31 bits per heavy atom. The molecule has 1 aromatic carbocycles. The lowest BCUT2D eigenvalue weighted by atomic mass is 10.1. The quantitative estimate of drug-likeness (QED) is 0.741. The van der Waals surface area contributed by atoms with Crippen LogP contribution < -0.4 is 0 Å². The van der Waals surface area contributed by atoms with Gasteiger partial charge in [0.05, 0.1) is 11.5 Å². The van der Waals surface area contributed by atoms with E-state index in [4.69, 9.17) is 11.6 Å². The first kappa shape index (κ1) is 10.6. The van der Waals surface area contributed by atoms with Gasteiger partial charge in [-0.3, -0.25) is 0 Å². The predicted octanol–water partition coefficient (Wildman–Crippen LogP) is 2.91. The smallest absolute Gasteiger partial charge is 0.0841 e. The maximum Gasteiger partial charge on any atom is 0.0841 e. The van der Waals surface area contributed by atoms with Gasteiger partial charge in [0.2, 0.25) is 0 Å². The number of alkyl halides is 1.